The molecule has 3 heteroatoms. The van der Waals surface area contributed by atoms with Crippen molar-refractivity contribution >= 4 is 5.69 Å². The summed E-state index contributed by atoms with van der Waals surface area (Å²) in [5, 5.41) is 12.8. The zero-order valence-electron chi connectivity index (χ0n) is 10.5. The fourth-order valence-corrected chi connectivity index (χ4v) is 2.54. The van der Waals surface area contributed by atoms with E-state index in [4.69, 9.17) is 4.74 Å². The van der Waals surface area contributed by atoms with Gasteiger partial charge in [0, 0.05) is 17.3 Å². The molecule has 0 saturated carbocycles. The molecule has 2 N–H and O–H groups in total. The summed E-state index contributed by atoms with van der Waals surface area (Å²) in [6, 6.07) is 8.35. The standard InChI is InChI=1S/C14H21NO2/c1-10-7-13(8-11(2)17-10)15-14-6-4-3-5-12(14)9-16/h3-6,10-11,13,15-16H,7-9H2,1-2H3. The molecule has 0 aliphatic carbocycles. The van der Waals surface area contributed by atoms with Gasteiger partial charge in [0.2, 0.25) is 0 Å². The number of hydrogen-bond donors (Lipinski definition) is 2. The van der Waals surface area contributed by atoms with E-state index in [0.717, 1.165) is 24.1 Å². The van der Waals surface area contributed by atoms with Crippen LogP contribution >= 0.6 is 0 Å². The molecule has 2 atom stereocenters. The molecule has 0 spiro atoms. The van der Waals surface area contributed by atoms with Crippen LogP contribution in [-0.4, -0.2) is 23.4 Å². The predicted octanol–water partition coefficient (Wildman–Crippen LogP) is 2.55. The number of para-hydroxylation sites is 1. The Kier molecular flexibility index (Phi) is 4.02. The minimum absolute atomic E-state index is 0.0809. The summed E-state index contributed by atoms with van der Waals surface area (Å²) >= 11 is 0. The number of anilines is 1. The van der Waals surface area contributed by atoms with Gasteiger partial charge in [0.15, 0.2) is 0 Å². The Morgan fingerprint density at radius 3 is 2.53 bits per heavy atom. The van der Waals surface area contributed by atoms with Crippen molar-refractivity contribution in [3.8, 4) is 0 Å². The average molecular weight is 235 g/mol. The van der Waals surface area contributed by atoms with Gasteiger partial charge >= 0.3 is 0 Å². The van der Waals surface area contributed by atoms with E-state index < -0.39 is 0 Å². The van der Waals surface area contributed by atoms with Crippen LogP contribution in [0.25, 0.3) is 0 Å². The SMILES string of the molecule is CC1CC(Nc2ccccc2CO)CC(C)O1. The first-order valence-electron chi connectivity index (χ1n) is 6.29. The lowest BCUT2D eigenvalue weighted by molar-refractivity contribution is -0.0337. The van der Waals surface area contributed by atoms with Gasteiger partial charge in [-0.2, -0.15) is 0 Å². The number of benzene rings is 1. The molecule has 1 saturated heterocycles. The smallest absolute Gasteiger partial charge is 0.0701 e. The summed E-state index contributed by atoms with van der Waals surface area (Å²) in [5.41, 5.74) is 2.00. The van der Waals surface area contributed by atoms with Crippen LogP contribution in [0, 0.1) is 0 Å². The van der Waals surface area contributed by atoms with Crippen molar-refractivity contribution in [3.63, 3.8) is 0 Å². The van der Waals surface area contributed by atoms with Gasteiger partial charge in [-0.25, -0.2) is 0 Å². The summed E-state index contributed by atoms with van der Waals surface area (Å²) in [4.78, 5) is 0. The molecule has 1 aliphatic heterocycles. The first-order chi connectivity index (χ1) is 8.19. The van der Waals surface area contributed by atoms with Gasteiger partial charge in [-0.05, 0) is 32.8 Å². The molecule has 1 aromatic carbocycles. The van der Waals surface area contributed by atoms with Gasteiger partial charge in [0.1, 0.15) is 0 Å². The van der Waals surface area contributed by atoms with Gasteiger partial charge in [-0.15, -0.1) is 0 Å². The Balaban J connectivity index is 2.04. The Labute approximate surface area is 103 Å². The lowest BCUT2D eigenvalue weighted by Gasteiger charge is -2.33. The van der Waals surface area contributed by atoms with E-state index >= 15 is 0 Å². The van der Waals surface area contributed by atoms with Crippen molar-refractivity contribution in [1.29, 1.82) is 0 Å². The minimum Gasteiger partial charge on any atom is -0.392 e. The summed E-state index contributed by atoms with van der Waals surface area (Å²) in [6.45, 7) is 4.31. The fourth-order valence-electron chi connectivity index (χ4n) is 2.54. The van der Waals surface area contributed by atoms with Gasteiger partial charge in [0.25, 0.3) is 0 Å². The van der Waals surface area contributed by atoms with Crippen molar-refractivity contribution in [3.05, 3.63) is 29.8 Å². The van der Waals surface area contributed by atoms with Crippen LogP contribution in [0.1, 0.15) is 32.3 Å². The number of rotatable bonds is 3. The number of ether oxygens (including phenoxy) is 1. The molecular formula is C14H21NO2. The van der Waals surface area contributed by atoms with Crippen molar-refractivity contribution in [2.45, 2.75) is 51.5 Å². The Morgan fingerprint density at radius 1 is 1.24 bits per heavy atom. The largest absolute Gasteiger partial charge is 0.392 e. The van der Waals surface area contributed by atoms with Crippen LogP contribution in [0.2, 0.25) is 0 Å². The Morgan fingerprint density at radius 2 is 1.88 bits per heavy atom. The first kappa shape index (κ1) is 12.4. The molecular weight excluding hydrogens is 214 g/mol. The highest BCUT2D eigenvalue weighted by Gasteiger charge is 2.24. The average Bonchev–Trinajstić information content (AvgIpc) is 2.28. The van der Waals surface area contributed by atoms with Gasteiger partial charge in [0.05, 0.1) is 18.8 Å². The lowest BCUT2D eigenvalue weighted by atomic mass is 9.99. The lowest BCUT2D eigenvalue weighted by Crippen LogP contribution is -2.37. The van der Waals surface area contributed by atoms with E-state index in [2.05, 4.69) is 19.2 Å². The molecule has 17 heavy (non-hydrogen) atoms. The topological polar surface area (TPSA) is 41.5 Å². The van der Waals surface area contributed by atoms with Crippen LogP contribution in [0.3, 0.4) is 0 Å². The summed E-state index contributed by atoms with van der Waals surface area (Å²) < 4.78 is 5.72. The molecule has 0 amide bonds. The quantitative estimate of drug-likeness (QED) is 0.846. The maximum absolute atomic E-state index is 9.29. The predicted molar refractivity (Wildman–Crippen MR) is 69.0 cm³/mol. The molecule has 0 radical (unpaired) electrons. The first-order valence-corrected chi connectivity index (χ1v) is 6.29. The number of nitrogens with one attached hydrogen (secondary N) is 1. The third kappa shape index (κ3) is 3.20. The Hall–Kier alpha value is -1.06. The number of aliphatic hydroxyl groups is 1. The van der Waals surface area contributed by atoms with Crippen molar-refractivity contribution in [1.82, 2.24) is 0 Å². The van der Waals surface area contributed by atoms with Gasteiger partial charge < -0.3 is 15.2 Å². The summed E-state index contributed by atoms with van der Waals surface area (Å²) in [6.07, 6.45) is 2.64. The molecule has 1 fully saturated rings. The second-order valence-electron chi connectivity index (χ2n) is 4.89. The molecule has 3 nitrogen and oxygen atoms in total. The maximum atomic E-state index is 9.29. The highest BCUT2D eigenvalue weighted by atomic mass is 16.5. The van der Waals surface area contributed by atoms with Crippen molar-refractivity contribution < 1.29 is 9.84 Å². The molecule has 2 rings (SSSR count). The van der Waals surface area contributed by atoms with E-state index in [0.29, 0.717) is 18.2 Å². The van der Waals surface area contributed by atoms with Gasteiger partial charge in [-0.3, -0.25) is 0 Å². The Bertz CT molecular complexity index is 357. The van der Waals surface area contributed by atoms with Crippen molar-refractivity contribution in [2.75, 3.05) is 5.32 Å². The number of aliphatic hydroxyl groups excluding tert-OH is 1. The van der Waals surface area contributed by atoms with Crippen LogP contribution in [0.4, 0.5) is 5.69 Å². The van der Waals surface area contributed by atoms with Crippen LogP contribution < -0.4 is 5.32 Å². The van der Waals surface area contributed by atoms with Crippen LogP contribution in [0.15, 0.2) is 24.3 Å². The van der Waals surface area contributed by atoms with E-state index in [1.807, 2.05) is 24.3 Å². The zero-order chi connectivity index (χ0) is 12.3. The third-order valence-electron chi connectivity index (χ3n) is 3.24. The third-order valence-corrected chi connectivity index (χ3v) is 3.24. The van der Waals surface area contributed by atoms with E-state index in [1.165, 1.54) is 0 Å². The normalized spacial score (nSPS) is 29.0. The second kappa shape index (κ2) is 5.52. The highest BCUT2D eigenvalue weighted by Crippen LogP contribution is 2.24. The number of hydrogen-bond acceptors (Lipinski definition) is 3. The zero-order valence-corrected chi connectivity index (χ0v) is 10.5. The van der Waals surface area contributed by atoms with Gasteiger partial charge in [-0.1, -0.05) is 18.2 Å². The van der Waals surface area contributed by atoms with E-state index in [1.54, 1.807) is 0 Å². The molecule has 2 unspecified atom stereocenters. The monoisotopic (exact) mass is 235 g/mol. The summed E-state index contributed by atoms with van der Waals surface area (Å²) in [5.74, 6) is 0. The van der Waals surface area contributed by atoms with E-state index in [-0.39, 0.29) is 6.61 Å². The second-order valence-corrected chi connectivity index (χ2v) is 4.89. The van der Waals surface area contributed by atoms with E-state index in [9.17, 15) is 5.11 Å². The maximum Gasteiger partial charge on any atom is 0.0701 e. The van der Waals surface area contributed by atoms with Crippen LogP contribution in [-0.2, 0) is 11.3 Å². The molecule has 1 aliphatic rings. The molecule has 94 valence electrons. The fraction of sp³-hybridized carbons (Fsp3) is 0.571. The summed E-state index contributed by atoms with van der Waals surface area (Å²) in [7, 11) is 0. The molecule has 0 bridgehead atoms. The highest BCUT2D eigenvalue weighted by molar-refractivity contribution is 5.51. The molecule has 0 aromatic heterocycles. The minimum atomic E-state index is 0.0809. The molecule has 1 aromatic rings. The van der Waals surface area contributed by atoms with Crippen LogP contribution in [0.5, 0.6) is 0 Å². The van der Waals surface area contributed by atoms with Crippen molar-refractivity contribution in [2.24, 2.45) is 0 Å². The molecule has 1 heterocycles.